The van der Waals surface area contributed by atoms with Gasteiger partial charge in [0.05, 0.1) is 0 Å². The Kier molecular flexibility index (Phi) is 3.82. The van der Waals surface area contributed by atoms with Gasteiger partial charge in [-0.2, -0.15) is 0 Å². The van der Waals surface area contributed by atoms with Crippen molar-refractivity contribution in [2.24, 2.45) is 17.8 Å². The number of hydrogen-bond donors (Lipinski definition) is 1. The molecule has 5 rings (SSSR count). The summed E-state index contributed by atoms with van der Waals surface area (Å²) >= 11 is 0. The smallest absolute Gasteiger partial charge is 0.258 e. The Morgan fingerprint density at radius 2 is 1.65 bits per heavy atom. The molecule has 124 valence electrons. The van der Waals surface area contributed by atoms with Crippen molar-refractivity contribution in [1.29, 1.82) is 0 Å². The number of ether oxygens (including phenoxy) is 1. The van der Waals surface area contributed by atoms with Crippen LogP contribution in [0, 0.1) is 17.8 Å². The summed E-state index contributed by atoms with van der Waals surface area (Å²) in [7, 11) is 0. The highest BCUT2D eigenvalue weighted by Crippen LogP contribution is 2.55. The van der Waals surface area contributed by atoms with Crippen molar-refractivity contribution >= 4 is 5.91 Å². The van der Waals surface area contributed by atoms with E-state index >= 15 is 0 Å². The zero-order valence-electron chi connectivity index (χ0n) is 14.0. The SMILES string of the molecule is CCc1ccc(OCC(=O)NC23CC4CC(CC(C4)C2)C3)cc1. The van der Waals surface area contributed by atoms with E-state index in [1.54, 1.807) is 0 Å². The van der Waals surface area contributed by atoms with Crippen molar-refractivity contribution in [3.8, 4) is 5.75 Å². The molecule has 0 unspecified atom stereocenters. The number of carbonyl (C=O) groups excluding carboxylic acids is 1. The van der Waals surface area contributed by atoms with Gasteiger partial charge >= 0.3 is 0 Å². The lowest BCUT2D eigenvalue weighted by Crippen LogP contribution is -2.60. The largest absolute Gasteiger partial charge is 0.484 e. The molecule has 4 aliphatic rings. The van der Waals surface area contributed by atoms with Gasteiger partial charge in [0.1, 0.15) is 5.75 Å². The fourth-order valence-corrected chi connectivity index (χ4v) is 5.57. The van der Waals surface area contributed by atoms with Crippen LogP contribution in [0.2, 0.25) is 0 Å². The zero-order chi connectivity index (χ0) is 15.9. The number of aryl methyl sites for hydroxylation is 1. The van der Waals surface area contributed by atoms with Crippen molar-refractivity contribution < 1.29 is 9.53 Å². The van der Waals surface area contributed by atoms with Crippen LogP contribution in [0.3, 0.4) is 0 Å². The normalized spacial score (nSPS) is 34.4. The highest BCUT2D eigenvalue weighted by atomic mass is 16.5. The molecular formula is C20H27NO2. The van der Waals surface area contributed by atoms with Crippen LogP contribution in [-0.2, 0) is 11.2 Å². The average Bonchev–Trinajstić information content (AvgIpc) is 2.51. The summed E-state index contributed by atoms with van der Waals surface area (Å²) in [5, 5.41) is 3.35. The number of hydrogen-bond acceptors (Lipinski definition) is 2. The topological polar surface area (TPSA) is 38.3 Å². The molecule has 0 aromatic heterocycles. The first kappa shape index (κ1) is 15.0. The molecule has 1 N–H and O–H groups in total. The first-order valence-electron chi connectivity index (χ1n) is 9.17. The number of rotatable bonds is 5. The Labute approximate surface area is 138 Å². The molecule has 4 saturated carbocycles. The number of amides is 1. The van der Waals surface area contributed by atoms with Crippen LogP contribution in [0.4, 0.5) is 0 Å². The van der Waals surface area contributed by atoms with E-state index in [2.05, 4.69) is 24.4 Å². The van der Waals surface area contributed by atoms with Gasteiger partial charge in [0.15, 0.2) is 6.61 Å². The molecule has 4 fully saturated rings. The van der Waals surface area contributed by atoms with Crippen LogP contribution in [-0.4, -0.2) is 18.1 Å². The Bertz CT molecular complexity index is 543. The third kappa shape index (κ3) is 3.11. The second-order valence-corrected chi connectivity index (χ2v) is 8.03. The lowest BCUT2D eigenvalue weighted by atomic mass is 9.53. The third-order valence-electron chi connectivity index (χ3n) is 6.14. The third-order valence-corrected chi connectivity index (χ3v) is 6.14. The second kappa shape index (κ2) is 5.85. The molecule has 0 spiro atoms. The summed E-state index contributed by atoms with van der Waals surface area (Å²) in [6.45, 7) is 2.27. The molecule has 1 aromatic carbocycles. The maximum absolute atomic E-state index is 12.4. The first-order chi connectivity index (χ1) is 11.1. The molecule has 4 aliphatic carbocycles. The summed E-state index contributed by atoms with van der Waals surface area (Å²) in [6, 6.07) is 8.03. The monoisotopic (exact) mass is 313 g/mol. The Hall–Kier alpha value is -1.51. The van der Waals surface area contributed by atoms with Crippen LogP contribution >= 0.6 is 0 Å². The summed E-state index contributed by atoms with van der Waals surface area (Å²) < 4.78 is 5.67. The predicted molar refractivity (Wildman–Crippen MR) is 90.4 cm³/mol. The number of carbonyl (C=O) groups is 1. The van der Waals surface area contributed by atoms with Crippen LogP contribution in [0.1, 0.15) is 51.0 Å². The molecule has 0 saturated heterocycles. The second-order valence-electron chi connectivity index (χ2n) is 8.03. The van der Waals surface area contributed by atoms with E-state index in [-0.39, 0.29) is 18.1 Å². The lowest BCUT2D eigenvalue weighted by Gasteiger charge is -2.56. The van der Waals surface area contributed by atoms with Crippen LogP contribution < -0.4 is 10.1 Å². The highest BCUT2D eigenvalue weighted by Gasteiger charge is 2.51. The van der Waals surface area contributed by atoms with Gasteiger partial charge in [-0.3, -0.25) is 4.79 Å². The summed E-state index contributed by atoms with van der Waals surface area (Å²) in [5.74, 6) is 3.38. The van der Waals surface area contributed by atoms with Gasteiger partial charge in [0, 0.05) is 5.54 Å². The maximum Gasteiger partial charge on any atom is 0.258 e. The van der Waals surface area contributed by atoms with Gasteiger partial charge in [-0.15, -0.1) is 0 Å². The van der Waals surface area contributed by atoms with Crippen LogP contribution in [0.5, 0.6) is 5.75 Å². The van der Waals surface area contributed by atoms with Gasteiger partial charge in [-0.05, 0) is 80.4 Å². The Morgan fingerprint density at radius 1 is 1.09 bits per heavy atom. The molecule has 4 bridgehead atoms. The molecular weight excluding hydrogens is 286 g/mol. The van der Waals surface area contributed by atoms with Gasteiger partial charge in [-0.25, -0.2) is 0 Å². The molecule has 0 aliphatic heterocycles. The lowest BCUT2D eigenvalue weighted by molar-refractivity contribution is -0.128. The van der Waals surface area contributed by atoms with Crippen molar-refractivity contribution in [1.82, 2.24) is 5.32 Å². The maximum atomic E-state index is 12.4. The minimum absolute atomic E-state index is 0.0477. The number of benzene rings is 1. The molecule has 1 aromatic rings. The van der Waals surface area contributed by atoms with Crippen molar-refractivity contribution in [2.75, 3.05) is 6.61 Å². The molecule has 1 amide bonds. The van der Waals surface area contributed by atoms with E-state index in [0.29, 0.717) is 0 Å². The van der Waals surface area contributed by atoms with Crippen LogP contribution in [0.25, 0.3) is 0 Å². The van der Waals surface area contributed by atoms with Crippen molar-refractivity contribution in [2.45, 2.75) is 57.4 Å². The fraction of sp³-hybridized carbons (Fsp3) is 0.650. The van der Waals surface area contributed by atoms with E-state index in [1.807, 2.05) is 12.1 Å². The van der Waals surface area contributed by atoms with Gasteiger partial charge in [-0.1, -0.05) is 19.1 Å². The summed E-state index contributed by atoms with van der Waals surface area (Å²) in [4.78, 5) is 12.4. The fourth-order valence-electron chi connectivity index (χ4n) is 5.57. The highest BCUT2D eigenvalue weighted by molar-refractivity contribution is 5.78. The van der Waals surface area contributed by atoms with E-state index in [1.165, 1.54) is 44.1 Å². The van der Waals surface area contributed by atoms with E-state index in [0.717, 1.165) is 29.9 Å². The predicted octanol–water partition coefficient (Wildman–Crippen LogP) is 3.71. The molecule has 3 heteroatoms. The molecule has 23 heavy (non-hydrogen) atoms. The zero-order valence-corrected chi connectivity index (χ0v) is 14.0. The quantitative estimate of drug-likeness (QED) is 0.900. The summed E-state index contributed by atoms with van der Waals surface area (Å²) in [5.41, 5.74) is 1.37. The summed E-state index contributed by atoms with van der Waals surface area (Å²) in [6.07, 6.45) is 8.79. The molecule has 3 nitrogen and oxygen atoms in total. The van der Waals surface area contributed by atoms with Crippen molar-refractivity contribution in [3.05, 3.63) is 29.8 Å². The van der Waals surface area contributed by atoms with Gasteiger partial charge in [0.25, 0.3) is 5.91 Å². The van der Waals surface area contributed by atoms with Crippen molar-refractivity contribution in [3.63, 3.8) is 0 Å². The first-order valence-corrected chi connectivity index (χ1v) is 9.17. The Balaban J connectivity index is 1.33. The molecule has 0 atom stereocenters. The van der Waals surface area contributed by atoms with Gasteiger partial charge in [0.2, 0.25) is 0 Å². The minimum Gasteiger partial charge on any atom is -0.484 e. The standard InChI is InChI=1S/C20H27NO2/c1-2-14-3-5-18(6-4-14)23-13-19(22)21-20-10-15-7-16(11-20)9-17(8-15)12-20/h3-6,15-17H,2,7-13H2,1H3,(H,21,22). The minimum atomic E-state index is 0.0477. The average molecular weight is 313 g/mol. The van der Waals surface area contributed by atoms with E-state index in [4.69, 9.17) is 4.74 Å². The number of nitrogens with one attached hydrogen (secondary N) is 1. The van der Waals surface area contributed by atoms with E-state index < -0.39 is 0 Å². The van der Waals surface area contributed by atoms with E-state index in [9.17, 15) is 4.79 Å². The van der Waals surface area contributed by atoms with Gasteiger partial charge < -0.3 is 10.1 Å². The Morgan fingerprint density at radius 3 is 2.17 bits per heavy atom. The molecule has 0 heterocycles. The van der Waals surface area contributed by atoms with Crippen LogP contribution in [0.15, 0.2) is 24.3 Å². The molecule has 0 radical (unpaired) electrons.